The number of aromatic amines is 1. The van der Waals surface area contributed by atoms with E-state index in [1.165, 1.54) is 6.07 Å². The fraction of sp³-hybridized carbons (Fsp3) is 0.500. The highest BCUT2D eigenvalue weighted by Crippen LogP contribution is 2.28. The maximum atomic E-state index is 11.0. The molecule has 0 radical (unpaired) electrons. The van der Waals surface area contributed by atoms with Crippen LogP contribution in [0.15, 0.2) is 10.9 Å². The predicted molar refractivity (Wildman–Crippen MR) is 49.9 cm³/mol. The molecule has 3 nitrogen and oxygen atoms in total. The minimum absolute atomic E-state index is 0.158. The molecule has 0 aromatic carbocycles. The van der Waals surface area contributed by atoms with Gasteiger partial charge in [-0.05, 0) is 25.2 Å². The van der Waals surface area contributed by atoms with Crippen LogP contribution in [-0.4, -0.2) is 10.1 Å². The van der Waals surface area contributed by atoms with Crippen molar-refractivity contribution in [3.63, 3.8) is 0 Å². The lowest BCUT2D eigenvalue weighted by Gasteiger charge is -2.21. The molecule has 0 bridgehead atoms. The van der Waals surface area contributed by atoms with Gasteiger partial charge >= 0.3 is 0 Å². The highest BCUT2D eigenvalue weighted by Gasteiger charge is 2.18. The molecule has 0 aliphatic heterocycles. The number of fused-ring (bicyclic) bond motifs is 1. The number of aromatic hydroxyl groups is 1. The average Bonchev–Trinajstić information content (AvgIpc) is 2.06. The molecular weight excluding hydrogens is 166 g/mol. The number of hydrogen-bond acceptors (Lipinski definition) is 2. The Bertz CT molecular complexity index is 381. The number of rotatable bonds is 0. The maximum absolute atomic E-state index is 11.0. The van der Waals surface area contributed by atoms with Crippen molar-refractivity contribution in [3.05, 3.63) is 27.7 Å². The Hall–Kier alpha value is -1.25. The molecule has 0 spiro atoms. The third kappa shape index (κ3) is 1.46. The van der Waals surface area contributed by atoms with Gasteiger partial charge in [-0.15, -0.1) is 0 Å². The van der Waals surface area contributed by atoms with Crippen LogP contribution < -0.4 is 5.56 Å². The SMILES string of the molecule is CC1CCc2[nH]c(=O)cc(O)c2C1. The van der Waals surface area contributed by atoms with Crippen LogP contribution in [0.5, 0.6) is 5.75 Å². The molecule has 1 aromatic rings. The molecule has 3 heteroatoms. The topological polar surface area (TPSA) is 53.1 Å². The molecule has 1 aliphatic carbocycles. The van der Waals surface area contributed by atoms with Crippen molar-refractivity contribution < 1.29 is 5.11 Å². The third-order valence-electron chi connectivity index (χ3n) is 2.66. The second-order valence-electron chi connectivity index (χ2n) is 3.82. The number of aromatic nitrogens is 1. The molecule has 70 valence electrons. The quantitative estimate of drug-likeness (QED) is 0.628. The molecule has 1 atom stereocenters. The largest absolute Gasteiger partial charge is 0.507 e. The van der Waals surface area contributed by atoms with E-state index in [-0.39, 0.29) is 11.3 Å². The number of hydrogen-bond donors (Lipinski definition) is 2. The van der Waals surface area contributed by atoms with Gasteiger partial charge < -0.3 is 10.1 Å². The maximum Gasteiger partial charge on any atom is 0.251 e. The summed E-state index contributed by atoms with van der Waals surface area (Å²) in [5.74, 6) is 0.759. The fourth-order valence-electron chi connectivity index (χ4n) is 1.91. The molecular formula is C10H13NO2. The van der Waals surface area contributed by atoms with E-state index in [4.69, 9.17) is 0 Å². The summed E-state index contributed by atoms with van der Waals surface area (Å²) in [7, 11) is 0. The Morgan fingerprint density at radius 2 is 2.38 bits per heavy atom. The van der Waals surface area contributed by atoms with Gasteiger partial charge in [0, 0.05) is 17.3 Å². The van der Waals surface area contributed by atoms with Gasteiger partial charge in [-0.25, -0.2) is 0 Å². The summed E-state index contributed by atoms with van der Waals surface area (Å²) >= 11 is 0. The highest BCUT2D eigenvalue weighted by molar-refractivity contribution is 5.36. The summed E-state index contributed by atoms with van der Waals surface area (Å²) in [4.78, 5) is 13.8. The smallest absolute Gasteiger partial charge is 0.251 e. The Morgan fingerprint density at radius 1 is 1.62 bits per heavy atom. The first kappa shape index (κ1) is 8.35. The van der Waals surface area contributed by atoms with Crippen LogP contribution in [0, 0.1) is 5.92 Å². The highest BCUT2D eigenvalue weighted by atomic mass is 16.3. The molecule has 0 saturated heterocycles. The number of nitrogens with one attached hydrogen (secondary N) is 1. The first-order chi connectivity index (χ1) is 6.16. The molecule has 1 aromatic heterocycles. The van der Waals surface area contributed by atoms with E-state index in [0.717, 1.165) is 30.5 Å². The summed E-state index contributed by atoms with van der Waals surface area (Å²) < 4.78 is 0. The van der Waals surface area contributed by atoms with E-state index in [2.05, 4.69) is 11.9 Å². The van der Waals surface area contributed by atoms with Crippen LogP contribution in [0.1, 0.15) is 24.6 Å². The van der Waals surface area contributed by atoms with Crippen LogP contribution in [0.25, 0.3) is 0 Å². The van der Waals surface area contributed by atoms with Crippen molar-refractivity contribution >= 4 is 0 Å². The molecule has 0 saturated carbocycles. The lowest BCUT2D eigenvalue weighted by Crippen LogP contribution is -2.18. The molecule has 0 fully saturated rings. The van der Waals surface area contributed by atoms with E-state index in [9.17, 15) is 9.90 Å². The summed E-state index contributed by atoms with van der Waals surface area (Å²) in [5, 5.41) is 9.53. The predicted octanol–water partition coefficient (Wildman–Crippen LogP) is 1.21. The Kier molecular flexibility index (Phi) is 1.87. The lowest BCUT2D eigenvalue weighted by molar-refractivity contribution is 0.434. The Balaban J connectivity index is 2.53. The third-order valence-corrected chi connectivity index (χ3v) is 2.66. The van der Waals surface area contributed by atoms with Crippen molar-refractivity contribution in [1.82, 2.24) is 4.98 Å². The monoisotopic (exact) mass is 179 g/mol. The first-order valence-electron chi connectivity index (χ1n) is 4.61. The molecule has 13 heavy (non-hydrogen) atoms. The normalized spacial score (nSPS) is 21.2. The van der Waals surface area contributed by atoms with Gasteiger partial charge in [-0.2, -0.15) is 0 Å². The second kappa shape index (κ2) is 2.91. The zero-order valence-corrected chi connectivity index (χ0v) is 7.63. The first-order valence-corrected chi connectivity index (χ1v) is 4.61. The summed E-state index contributed by atoms with van der Waals surface area (Å²) in [6, 6.07) is 1.26. The van der Waals surface area contributed by atoms with Crippen LogP contribution in [0.3, 0.4) is 0 Å². The van der Waals surface area contributed by atoms with Crippen LogP contribution in [0.4, 0.5) is 0 Å². The zero-order chi connectivity index (χ0) is 9.42. The van der Waals surface area contributed by atoms with E-state index < -0.39 is 0 Å². The van der Waals surface area contributed by atoms with Gasteiger partial charge in [-0.1, -0.05) is 6.92 Å². The Morgan fingerprint density at radius 3 is 3.15 bits per heavy atom. The minimum atomic E-state index is -0.203. The van der Waals surface area contributed by atoms with Crippen LogP contribution >= 0.6 is 0 Å². The average molecular weight is 179 g/mol. The number of pyridine rings is 1. The van der Waals surface area contributed by atoms with Crippen LogP contribution in [-0.2, 0) is 12.8 Å². The summed E-state index contributed by atoms with van der Waals surface area (Å²) in [6.45, 7) is 2.16. The molecule has 1 aliphatic rings. The van der Waals surface area contributed by atoms with Gasteiger partial charge in [-0.3, -0.25) is 4.79 Å². The minimum Gasteiger partial charge on any atom is -0.507 e. The number of H-pyrrole nitrogens is 1. The molecule has 0 amide bonds. The Labute approximate surface area is 76.4 Å². The van der Waals surface area contributed by atoms with Gasteiger partial charge in [0.05, 0.1) is 0 Å². The summed E-state index contributed by atoms with van der Waals surface area (Å²) in [6.07, 6.45) is 2.84. The molecule has 2 rings (SSSR count). The lowest BCUT2D eigenvalue weighted by atomic mass is 9.87. The molecule has 1 unspecified atom stereocenters. The van der Waals surface area contributed by atoms with E-state index in [1.54, 1.807) is 0 Å². The van der Waals surface area contributed by atoms with E-state index >= 15 is 0 Å². The van der Waals surface area contributed by atoms with Crippen LogP contribution in [0.2, 0.25) is 0 Å². The van der Waals surface area contributed by atoms with Gasteiger partial charge in [0.2, 0.25) is 0 Å². The van der Waals surface area contributed by atoms with Gasteiger partial charge in [0.15, 0.2) is 0 Å². The van der Waals surface area contributed by atoms with E-state index in [1.807, 2.05) is 0 Å². The fourth-order valence-corrected chi connectivity index (χ4v) is 1.91. The zero-order valence-electron chi connectivity index (χ0n) is 7.63. The van der Waals surface area contributed by atoms with Crippen molar-refractivity contribution in [2.75, 3.05) is 0 Å². The summed E-state index contributed by atoms with van der Waals surface area (Å²) in [5.41, 5.74) is 1.65. The standard InChI is InChI=1S/C10H13NO2/c1-6-2-3-8-7(4-6)9(12)5-10(13)11-8/h5-6H,2-4H2,1H3,(H2,11,12,13). The van der Waals surface area contributed by atoms with Crippen molar-refractivity contribution in [1.29, 1.82) is 0 Å². The molecule has 1 heterocycles. The molecule has 2 N–H and O–H groups in total. The van der Waals surface area contributed by atoms with Crippen molar-refractivity contribution in [2.45, 2.75) is 26.2 Å². The van der Waals surface area contributed by atoms with Gasteiger partial charge in [0.1, 0.15) is 5.75 Å². The number of aryl methyl sites for hydroxylation is 1. The van der Waals surface area contributed by atoms with Gasteiger partial charge in [0.25, 0.3) is 5.56 Å². The second-order valence-corrected chi connectivity index (χ2v) is 3.82. The van der Waals surface area contributed by atoms with Crippen molar-refractivity contribution in [2.24, 2.45) is 5.92 Å². The van der Waals surface area contributed by atoms with E-state index in [0.29, 0.717) is 5.92 Å². The van der Waals surface area contributed by atoms with Crippen molar-refractivity contribution in [3.8, 4) is 5.75 Å².